The molecule has 7 atom stereocenters. The molecule has 1 fully saturated rings. The van der Waals surface area contributed by atoms with Crippen LogP contribution in [-0.2, 0) is 14.3 Å². The molecule has 1 amide bonds. The molecule has 1 saturated heterocycles. The highest BCUT2D eigenvalue weighted by Gasteiger charge is 2.44. The molecule has 1 aliphatic rings. The van der Waals surface area contributed by atoms with Crippen LogP contribution in [-0.4, -0.2) is 87.5 Å². The molecule has 6 N–H and O–H groups in total. The highest BCUT2D eigenvalue weighted by Crippen LogP contribution is 2.23. The summed E-state index contributed by atoms with van der Waals surface area (Å²) < 4.78 is 11.2. The zero-order valence-electron chi connectivity index (χ0n) is 45.9. The molecule has 72 heavy (non-hydrogen) atoms. The maximum Gasteiger partial charge on any atom is 0.220 e. The maximum atomic E-state index is 13.0. The average molecular weight is 1010 g/mol. The number of hydrogen-bond acceptors (Lipinski definition) is 8. The van der Waals surface area contributed by atoms with Crippen molar-refractivity contribution in [1.82, 2.24) is 5.32 Å². The molecule has 414 valence electrons. The lowest BCUT2D eigenvalue weighted by Gasteiger charge is -2.40. The summed E-state index contributed by atoms with van der Waals surface area (Å²) in [5.74, 6) is -0.270. The van der Waals surface area contributed by atoms with E-state index < -0.39 is 49.5 Å². The molecule has 0 aromatic carbocycles. The van der Waals surface area contributed by atoms with Crippen LogP contribution in [0, 0.1) is 0 Å². The van der Waals surface area contributed by atoms with Crippen molar-refractivity contribution < 1.29 is 39.8 Å². The van der Waals surface area contributed by atoms with Crippen LogP contribution in [0.2, 0.25) is 0 Å². The van der Waals surface area contributed by atoms with Gasteiger partial charge in [0.15, 0.2) is 6.29 Å². The topological polar surface area (TPSA) is 149 Å². The van der Waals surface area contributed by atoms with Crippen molar-refractivity contribution in [1.29, 1.82) is 0 Å². The van der Waals surface area contributed by atoms with Gasteiger partial charge < -0.3 is 40.3 Å². The molecule has 7 unspecified atom stereocenters. The third-order valence-corrected chi connectivity index (χ3v) is 13.4. The lowest BCUT2D eigenvalue weighted by Crippen LogP contribution is -2.60. The number of hydrogen-bond donors (Lipinski definition) is 6. The van der Waals surface area contributed by atoms with Gasteiger partial charge in [-0.2, -0.15) is 0 Å². The van der Waals surface area contributed by atoms with E-state index in [9.17, 15) is 30.3 Å². The van der Waals surface area contributed by atoms with E-state index in [-0.39, 0.29) is 18.9 Å². The van der Waals surface area contributed by atoms with E-state index in [1.165, 1.54) is 154 Å². The molecule has 0 aliphatic carbocycles. The van der Waals surface area contributed by atoms with Crippen molar-refractivity contribution in [2.24, 2.45) is 0 Å². The molecule has 1 heterocycles. The summed E-state index contributed by atoms with van der Waals surface area (Å²) in [7, 11) is 0. The zero-order valence-corrected chi connectivity index (χ0v) is 45.9. The Morgan fingerprint density at radius 3 is 1.32 bits per heavy atom. The molecular weight excluding hydrogens is 899 g/mol. The van der Waals surface area contributed by atoms with Crippen LogP contribution >= 0.6 is 0 Å². The van der Waals surface area contributed by atoms with E-state index in [2.05, 4.69) is 92.1 Å². The van der Waals surface area contributed by atoms with Crippen molar-refractivity contribution in [3.05, 3.63) is 97.2 Å². The second-order valence-electron chi connectivity index (χ2n) is 20.0. The molecule has 0 spiro atoms. The number of amides is 1. The number of carbonyl (C=O) groups excluding carboxylic acids is 1. The minimum absolute atomic E-state index is 0.208. The van der Waals surface area contributed by atoms with Crippen LogP contribution in [0.3, 0.4) is 0 Å². The predicted octanol–water partition coefficient (Wildman–Crippen LogP) is 14.8. The van der Waals surface area contributed by atoms with Crippen molar-refractivity contribution in [3.63, 3.8) is 0 Å². The van der Waals surface area contributed by atoms with E-state index in [1.807, 2.05) is 18.2 Å². The number of rotatable bonds is 49. The molecule has 9 heteroatoms. The molecule has 0 aromatic rings. The first-order valence-electron chi connectivity index (χ1n) is 29.5. The van der Waals surface area contributed by atoms with Gasteiger partial charge in [-0.25, -0.2) is 0 Å². The SMILES string of the molecule is CC/C=C\C/C=C\C/C=C\C/C=C\C/C=C\C/C=C\CCC(=O)NC(COC1OC(CO)C(O)C(O)C1O)C(O)/C=C/CC/C=C/CCCCCCCCCCCCCCCCCCCCCCCCCC. The molecule has 1 rings (SSSR count). The summed E-state index contributed by atoms with van der Waals surface area (Å²) >= 11 is 0. The smallest absolute Gasteiger partial charge is 0.220 e. The van der Waals surface area contributed by atoms with Gasteiger partial charge >= 0.3 is 0 Å². The number of ether oxygens (including phenoxy) is 2. The number of allylic oxidation sites excluding steroid dienone is 15. The average Bonchev–Trinajstić information content (AvgIpc) is 3.38. The summed E-state index contributed by atoms with van der Waals surface area (Å²) in [5.41, 5.74) is 0. The van der Waals surface area contributed by atoms with Crippen LogP contribution in [0.5, 0.6) is 0 Å². The van der Waals surface area contributed by atoms with Gasteiger partial charge in [0, 0.05) is 6.42 Å². The van der Waals surface area contributed by atoms with E-state index in [0.717, 1.165) is 57.8 Å². The fourth-order valence-corrected chi connectivity index (χ4v) is 8.78. The summed E-state index contributed by atoms with van der Waals surface area (Å²) in [6.45, 7) is 3.61. The Kier molecular flexibility index (Phi) is 48.1. The standard InChI is InChI=1S/C63H109NO8/c1-3-5-7-9-11-13-15-17-19-21-23-24-25-26-27-28-29-30-31-32-33-35-36-38-40-42-44-46-48-50-52-57(66)56(55-71-63-62(70)61(69)60(68)58(54-65)72-63)64-59(67)53-51-49-47-45-43-41-39-37-34-22-20-18-16-14-12-10-8-6-4-2/h6,8,12,14,18,20,34,37,41-44,47,49-50,52,56-58,60-63,65-66,68-70H,3-5,7,9-11,13,15-17,19,21-33,35-36,38-40,45-46,48,51,53-55H2,1-2H3,(H,64,67)/b8-6-,14-12-,20-18-,37-34-,43-41-,44-42+,49-47-,52-50+. The third-order valence-electron chi connectivity index (χ3n) is 13.4. The summed E-state index contributed by atoms with van der Waals surface area (Å²) in [4.78, 5) is 13.0. The van der Waals surface area contributed by atoms with Gasteiger partial charge in [-0.05, 0) is 70.6 Å². The minimum Gasteiger partial charge on any atom is -0.394 e. The third kappa shape index (κ3) is 40.5. The van der Waals surface area contributed by atoms with Gasteiger partial charge in [0.2, 0.25) is 5.91 Å². The highest BCUT2D eigenvalue weighted by molar-refractivity contribution is 5.76. The van der Waals surface area contributed by atoms with E-state index in [4.69, 9.17) is 9.47 Å². The second kappa shape index (κ2) is 51.6. The van der Waals surface area contributed by atoms with Crippen molar-refractivity contribution in [2.75, 3.05) is 13.2 Å². The molecule has 0 bridgehead atoms. The lowest BCUT2D eigenvalue weighted by molar-refractivity contribution is -0.302. The van der Waals surface area contributed by atoms with E-state index >= 15 is 0 Å². The highest BCUT2D eigenvalue weighted by atomic mass is 16.7. The number of aliphatic hydroxyl groups is 5. The molecular formula is C63H109NO8. The van der Waals surface area contributed by atoms with Crippen LogP contribution in [0.15, 0.2) is 97.2 Å². The van der Waals surface area contributed by atoms with Gasteiger partial charge in [-0.15, -0.1) is 0 Å². The molecule has 0 aromatic heterocycles. The Bertz CT molecular complexity index is 1450. The van der Waals surface area contributed by atoms with E-state index in [0.29, 0.717) is 6.42 Å². The zero-order chi connectivity index (χ0) is 52.2. The first-order chi connectivity index (χ1) is 35.3. The number of aliphatic hydroxyl groups excluding tert-OH is 5. The minimum atomic E-state index is -1.59. The maximum absolute atomic E-state index is 13.0. The van der Waals surface area contributed by atoms with Crippen LogP contribution < -0.4 is 5.32 Å². The Balaban J connectivity index is 2.26. The Labute approximate surface area is 441 Å². The first kappa shape index (κ1) is 67.1. The first-order valence-corrected chi connectivity index (χ1v) is 29.5. The number of carbonyl (C=O) groups is 1. The summed E-state index contributed by atoms with van der Waals surface area (Å²) in [5, 5.41) is 54.4. The van der Waals surface area contributed by atoms with Crippen LogP contribution in [0.4, 0.5) is 0 Å². The second-order valence-corrected chi connectivity index (χ2v) is 20.0. The number of nitrogens with one attached hydrogen (secondary N) is 1. The van der Waals surface area contributed by atoms with Gasteiger partial charge in [-0.1, -0.05) is 259 Å². The van der Waals surface area contributed by atoms with Crippen molar-refractivity contribution >= 4 is 5.91 Å². The normalized spacial score (nSPS) is 19.9. The van der Waals surface area contributed by atoms with Crippen LogP contribution in [0.1, 0.15) is 239 Å². The van der Waals surface area contributed by atoms with Crippen LogP contribution in [0.25, 0.3) is 0 Å². The largest absolute Gasteiger partial charge is 0.394 e. The lowest BCUT2D eigenvalue weighted by atomic mass is 9.99. The van der Waals surface area contributed by atoms with Gasteiger partial charge in [0.1, 0.15) is 24.4 Å². The Morgan fingerprint density at radius 2 is 0.875 bits per heavy atom. The van der Waals surface area contributed by atoms with Gasteiger partial charge in [0.05, 0.1) is 25.4 Å². The predicted molar refractivity (Wildman–Crippen MR) is 304 cm³/mol. The summed E-state index contributed by atoms with van der Waals surface area (Å²) in [6, 6.07) is -0.870. The Morgan fingerprint density at radius 1 is 0.486 bits per heavy atom. The molecule has 1 aliphatic heterocycles. The van der Waals surface area contributed by atoms with Gasteiger partial charge in [0.25, 0.3) is 0 Å². The molecule has 0 saturated carbocycles. The quantitative estimate of drug-likeness (QED) is 0.0261. The van der Waals surface area contributed by atoms with E-state index in [1.54, 1.807) is 6.08 Å². The van der Waals surface area contributed by atoms with Gasteiger partial charge in [-0.3, -0.25) is 4.79 Å². The molecule has 0 radical (unpaired) electrons. The Hall–Kier alpha value is -2.89. The fraction of sp³-hybridized carbons (Fsp3) is 0.730. The van der Waals surface area contributed by atoms with Crippen molar-refractivity contribution in [3.8, 4) is 0 Å². The number of unbranched alkanes of at least 4 members (excludes halogenated alkanes) is 25. The fourth-order valence-electron chi connectivity index (χ4n) is 8.78. The monoisotopic (exact) mass is 1010 g/mol. The molecule has 9 nitrogen and oxygen atoms in total. The summed E-state index contributed by atoms with van der Waals surface area (Å²) in [6.07, 6.45) is 67.9. The van der Waals surface area contributed by atoms with Crippen molar-refractivity contribution in [2.45, 2.75) is 281 Å².